The van der Waals surface area contributed by atoms with Crippen LogP contribution in [-0.2, 0) is 0 Å². The van der Waals surface area contributed by atoms with E-state index in [-0.39, 0.29) is 5.69 Å². The Morgan fingerprint density at radius 2 is 1.67 bits per heavy atom. The van der Waals surface area contributed by atoms with E-state index in [0.717, 1.165) is 0 Å². The van der Waals surface area contributed by atoms with Gasteiger partial charge in [0, 0.05) is 12.1 Å². The minimum absolute atomic E-state index is 0.119. The summed E-state index contributed by atoms with van der Waals surface area (Å²) in [5, 5.41) is 16.6. The molecule has 112 valence electrons. The van der Waals surface area contributed by atoms with E-state index in [2.05, 4.69) is 10.3 Å². The van der Waals surface area contributed by atoms with Crippen molar-refractivity contribution < 1.29 is 24.1 Å². The number of carbonyl (C=O) groups is 1. The number of hydrogen-bond acceptors (Lipinski definition) is 6. The molecule has 21 heavy (non-hydrogen) atoms. The van der Waals surface area contributed by atoms with Crippen LogP contribution in [0.5, 0.6) is 17.2 Å². The van der Waals surface area contributed by atoms with Gasteiger partial charge in [0.1, 0.15) is 11.4 Å². The predicted octanol–water partition coefficient (Wildman–Crippen LogP) is 1.30. The number of carboxylic acid groups (broad SMARTS) is 1. The van der Waals surface area contributed by atoms with E-state index in [0.29, 0.717) is 28.6 Å². The lowest BCUT2D eigenvalue weighted by Crippen LogP contribution is -2.05. The molecule has 0 aliphatic carbocycles. The van der Waals surface area contributed by atoms with Gasteiger partial charge >= 0.3 is 5.97 Å². The molecule has 0 unspecified atom stereocenters. The molecule has 0 fully saturated rings. The van der Waals surface area contributed by atoms with E-state index in [4.69, 9.17) is 19.3 Å². The van der Waals surface area contributed by atoms with E-state index >= 15 is 0 Å². The lowest BCUT2D eigenvalue weighted by atomic mass is 10.2. The minimum Gasteiger partial charge on any atom is -0.494 e. The Labute approximate surface area is 120 Å². The molecular weight excluding hydrogens is 278 g/mol. The van der Waals surface area contributed by atoms with Crippen LogP contribution < -0.4 is 14.2 Å². The largest absolute Gasteiger partial charge is 0.494 e. The molecule has 0 saturated carbocycles. The number of aromatic carboxylic acids is 1. The van der Waals surface area contributed by atoms with Crippen molar-refractivity contribution in [2.24, 2.45) is 0 Å². The molecule has 8 heteroatoms. The highest BCUT2D eigenvalue weighted by Crippen LogP contribution is 2.36. The summed E-state index contributed by atoms with van der Waals surface area (Å²) in [5.41, 5.74) is 0.771. The van der Waals surface area contributed by atoms with Gasteiger partial charge in [-0.15, -0.1) is 5.10 Å². The Hall–Kier alpha value is -2.77. The Balaban J connectivity index is 2.65. The van der Waals surface area contributed by atoms with Gasteiger partial charge in [0.15, 0.2) is 17.2 Å². The van der Waals surface area contributed by atoms with Crippen molar-refractivity contribution >= 4 is 5.97 Å². The van der Waals surface area contributed by atoms with Crippen molar-refractivity contribution in [3.8, 4) is 22.9 Å². The maximum Gasteiger partial charge on any atom is 0.358 e. The van der Waals surface area contributed by atoms with Gasteiger partial charge in [-0.3, -0.25) is 0 Å². The predicted molar refractivity (Wildman–Crippen MR) is 72.7 cm³/mol. The second kappa shape index (κ2) is 5.70. The molecule has 1 heterocycles. The zero-order chi connectivity index (χ0) is 15.6. The molecule has 1 aromatic heterocycles. The first-order valence-corrected chi connectivity index (χ1v) is 5.99. The number of benzene rings is 1. The topological polar surface area (TPSA) is 95.7 Å². The van der Waals surface area contributed by atoms with Crippen LogP contribution in [0.3, 0.4) is 0 Å². The van der Waals surface area contributed by atoms with Crippen molar-refractivity contribution in [3.63, 3.8) is 0 Å². The van der Waals surface area contributed by atoms with Gasteiger partial charge in [-0.1, -0.05) is 5.21 Å². The number of aromatic nitrogens is 3. The first-order valence-electron chi connectivity index (χ1n) is 5.99. The summed E-state index contributed by atoms with van der Waals surface area (Å²) in [7, 11) is 4.51. The Morgan fingerprint density at radius 3 is 2.14 bits per heavy atom. The molecule has 0 atom stereocenters. The van der Waals surface area contributed by atoms with E-state index in [1.807, 2.05) is 0 Å². The standard InChI is InChI=1S/C13H15N3O5/c1-7-12(13(17)18)14-15-16(7)8-5-10(20-3)11(21-4)6-9(8)19-2/h5-6H,1-4H3,(H,17,18). The van der Waals surface area contributed by atoms with Crippen molar-refractivity contribution in [1.82, 2.24) is 15.0 Å². The maximum atomic E-state index is 11.1. The molecule has 8 nitrogen and oxygen atoms in total. The summed E-state index contributed by atoms with van der Waals surface area (Å²) in [6.07, 6.45) is 0. The molecule has 0 saturated heterocycles. The van der Waals surface area contributed by atoms with Crippen LogP contribution in [0, 0.1) is 6.92 Å². The molecular formula is C13H15N3O5. The smallest absolute Gasteiger partial charge is 0.358 e. The normalized spacial score (nSPS) is 10.3. The fourth-order valence-corrected chi connectivity index (χ4v) is 1.93. The average molecular weight is 293 g/mol. The van der Waals surface area contributed by atoms with Crippen LogP contribution >= 0.6 is 0 Å². The highest BCUT2D eigenvalue weighted by Gasteiger charge is 2.20. The van der Waals surface area contributed by atoms with Crippen LogP contribution in [0.25, 0.3) is 5.69 Å². The summed E-state index contributed by atoms with van der Waals surface area (Å²) in [6, 6.07) is 3.28. The summed E-state index contributed by atoms with van der Waals surface area (Å²) >= 11 is 0. The van der Waals surface area contributed by atoms with Gasteiger partial charge in [0.2, 0.25) is 0 Å². The summed E-state index contributed by atoms with van der Waals surface area (Å²) < 4.78 is 17.1. The second-order valence-electron chi connectivity index (χ2n) is 4.12. The number of carboxylic acids is 1. The van der Waals surface area contributed by atoms with E-state index in [9.17, 15) is 4.79 Å². The first kappa shape index (κ1) is 14.6. The van der Waals surface area contributed by atoms with Crippen LogP contribution in [0.1, 0.15) is 16.2 Å². The van der Waals surface area contributed by atoms with Crippen molar-refractivity contribution in [2.75, 3.05) is 21.3 Å². The van der Waals surface area contributed by atoms with Crippen molar-refractivity contribution in [3.05, 3.63) is 23.5 Å². The zero-order valence-electron chi connectivity index (χ0n) is 12.1. The van der Waals surface area contributed by atoms with Crippen LogP contribution in [0.15, 0.2) is 12.1 Å². The van der Waals surface area contributed by atoms with Crippen molar-refractivity contribution in [2.45, 2.75) is 6.92 Å². The SMILES string of the molecule is COc1cc(OC)c(-n2nnc(C(=O)O)c2C)cc1OC. The van der Waals surface area contributed by atoms with Gasteiger partial charge in [-0.05, 0) is 6.92 Å². The number of methoxy groups -OCH3 is 3. The molecule has 0 bridgehead atoms. The lowest BCUT2D eigenvalue weighted by molar-refractivity contribution is 0.0689. The number of nitrogens with zero attached hydrogens (tertiary/aromatic N) is 3. The summed E-state index contributed by atoms with van der Waals surface area (Å²) in [4.78, 5) is 11.1. The first-order chi connectivity index (χ1) is 10.0. The van der Waals surface area contributed by atoms with Crippen molar-refractivity contribution in [1.29, 1.82) is 0 Å². The van der Waals surface area contributed by atoms with Gasteiger partial charge in [-0.2, -0.15) is 0 Å². The Bertz CT molecular complexity index is 681. The Kier molecular flexibility index (Phi) is 3.97. The lowest BCUT2D eigenvalue weighted by Gasteiger charge is -2.14. The fourth-order valence-electron chi connectivity index (χ4n) is 1.93. The van der Waals surface area contributed by atoms with Crippen LogP contribution in [0.4, 0.5) is 0 Å². The summed E-state index contributed by atoms with van der Waals surface area (Å²) in [5.74, 6) is 0.283. The van der Waals surface area contributed by atoms with E-state index < -0.39 is 5.97 Å². The maximum absolute atomic E-state index is 11.1. The third-order valence-corrected chi connectivity index (χ3v) is 3.01. The van der Waals surface area contributed by atoms with Gasteiger partial charge in [-0.25, -0.2) is 9.48 Å². The Morgan fingerprint density at radius 1 is 1.10 bits per heavy atom. The fraction of sp³-hybridized carbons (Fsp3) is 0.308. The average Bonchev–Trinajstić information content (AvgIpc) is 2.87. The monoisotopic (exact) mass is 293 g/mol. The number of rotatable bonds is 5. The molecule has 0 aliphatic heterocycles. The summed E-state index contributed by atoms with van der Waals surface area (Å²) in [6.45, 7) is 1.61. The van der Waals surface area contributed by atoms with Gasteiger partial charge < -0.3 is 19.3 Å². The minimum atomic E-state index is -1.14. The molecule has 1 N–H and O–H groups in total. The molecule has 0 aliphatic rings. The molecule has 0 amide bonds. The third kappa shape index (κ3) is 2.47. The van der Waals surface area contributed by atoms with E-state index in [1.54, 1.807) is 19.1 Å². The second-order valence-corrected chi connectivity index (χ2v) is 4.12. The molecule has 0 radical (unpaired) electrons. The number of hydrogen-bond donors (Lipinski definition) is 1. The molecule has 1 aromatic carbocycles. The number of ether oxygens (including phenoxy) is 3. The van der Waals surface area contributed by atoms with Crippen LogP contribution in [-0.4, -0.2) is 47.4 Å². The van der Waals surface area contributed by atoms with E-state index in [1.165, 1.54) is 26.0 Å². The molecule has 2 aromatic rings. The third-order valence-electron chi connectivity index (χ3n) is 3.01. The zero-order valence-corrected chi connectivity index (χ0v) is 12.1. The van der Waals surface area contributed by atoms with Gasteiger partial charge in [0.05, 0.1) is 27.0 Å². The molecule has 0 spiro atoms. The highest BCUT2D eigenvalue weighted by atomic mass is 16.5. The van der Waals surface area contributed by atoms with Gasteiger partial charge in [0.25, 0.3) is 0 Å². The van der Waals surface area contributed by atoms with Crippen LogP contribution in [0.2, 0.25) is 0 Å². The highest BCUT2D eigenvalue weighted by molar-refractivity contribution is 5.86. The molecule has 2 rings (SSSR count). The quantitative estimate of drug-likeness (QED) is 0.887.